The molecule has 1 N–H and O–H groups in total. The van der Waals surface area contributed by atoms with Gasteiger partial charge in [-0.2, -0.15) is 5.10 Å². The fourth-order valence-corrected chi connectivity index (χ4v) is 4.94. The highest BCUT2D eigenvalue weighted by atomic mass is 32.2. The summed E-state index contributed by atoms with van der Waals surface area (Å²) in [7, 11) is 0. The summed E-state index contributed by atoms with van der Waals surface area (Å²) in [5.74, 6) is -0.724. The molecule has 1 amide bonds. The number of aromatic nitrogens is 3. The molecule has 0 bridgehead atoms. The number of hydrogen-bond donors (Lipinski definition) is 1. The van der Waals surface area contributed by atoms with Crippen molar-refractivity contribution in [1.82, 2.24) is 14.8 Å². The Morgan fingerprint density at radius 2 is 2.00 bits per heavy atom. The predicted octanol–water partition coefficient (Wildman–Crippen LogP) is 5.31. The third-order valence-electron chi connectivity index (χ3n) is 5.04. The molecule has 5 nitrogen and oxygen atoms in total. The monoisotopic (exact) mass is 410 g/mol. The van der Waals surface area contributed by atoms with E-state index in [-0.39, 0.29) is 5.91 Å². The van der Waals surface area contributed by atoms with E-state index in [0.29, 0.717) is 22.2 Å². The highest BCUT2D eigenvalue weighted by Gasteiger charge is 2.21. The predicted molar refractivity (Wildman–Crippen MR) is 113 cm³/mol. The fraction of sp³-hybridized carbons (Fsp3) is 0.318. The first kappa shape index (κ1) is 19.6. The molecule has 1 aliphatic carbocycles. The third-order valence-corrected chi connectivity index (χ3v) is 6.39. The normalized spacial score (nSPS) is 14.3. The largest absolute Gasteiger partial charge is 0.322 e. The second-order valence-electron chi connectivity index (χ2n) is 7.34. The number of thioether (sulfide) groups is 1. The van der Waals surface area contributed by atoms with E-state index >= 15 is 0 Å². The summed E-state index contributed by atoms with van der Waals surface area (Å²) in [5, 5.41) is 8.36. The number of carbonyl (C=O) groups excluding carboxylic acids is 1. The molecule has 0 radical (unpaired) electrons. The number of amides is 1. The Bertz CT molecular complexity index is 1040. The van der Waals surface area contributed by atoms with E-state index < -0.39 is 5.82 Å². The maximum Gasteiger partial charge on any atom is 0.258 e. The van der Waals surface area contributed by atoms with Gasteiger partial charge in [-0.3, -0.25) is 4.79 Å². The maximum absolute atomic E-state index is 14.7. The number of nitrogens with one attached hydrogen (secondary N) is 1. The van der Waals surface area contributed by atoms with Crippen LogP contribution in [0.5, 0.6) is 0 Å². The molecule has 0 aliphatic heterocycles. The van der Waals surface area contributed by atoms with Crippen LogP contribution in [-0.4, -0.2) is 25.9 Å². The van der Waals surface area contributed by atoms with Gasteiger partial charge in [0, 0.05) is 22.8 Å². The average Bonchev–Trinajstić information content (AvgIpc) is 3.31. The zero-order chi connectivity index (χ0) is 20.4. The first-order valence-corrected chi connectivity index (χ1v) is 10.7. The molecular weight excluding hydrogens is 387 g/mol. The van der Waals surface area contributed by atoms with Gasteiger partial charge in [-0.15, -0.1) is 11.8 Å². The molecule has 1 aromatic carbocycles. The van der Waals surface area contributed by atoms with E-state index in [0.717, 1.165) is 29.3 Å². The van der Waals surface area contributed by atoms with Crippen LogP contribution in [0.3, 0.4) is 0 Å². The summed E-state index contributed by atoms with van der Waals surface area (Å²) >= 11 is 1.67. The standard InChI is InChI=1S/C22H23FN4OS/c1-14-12-15(2)27(26-14)20-10-9-16(13-19(20)23)25-21(28)18-8-5-11-24-22(18)29-17-6-3-4-7-17/h5,8-13,17H,3-4,6-7H2,1-2H3,(H,25,28). The molecule has 2 heterocycles. The van der Waals surface area contributed by atoms with Crippen molar-refractivity contribution in [3.8, 4) is 5.69 Å². The number of pyridine rings is 1. The van der Waals surface area contributed by atoms with Crippen LogP contribution >= 0.6 is 11.8 Å². The Morgan fingerprint density at radius 1 is 1.21 bits per heavy atom. The van der Waals surface area contributed by atoms with E-state index in [1.165, 1.54) is 18.9 Å². The number of aryl methyl sites for hydroxylation is 2. The van der Waals surface area contributed by atoms with E-state index in [9.17, 15) is 9.18 Å². The van der Waals surface area contributed by atoms with Gasteiger partial charge in [0.2, 0.25) is 0 Å². The Morgan fingerprint density at radius 3 is 2.69 bits per heavy atom. The Kier molecular flexibility index (Phi) is 5.67. The second kappa shape index (κ2) is 8.37. The van der Waals surface area contributed by atoms with E-state index in [2.05, 4.69) is 15.4 Å². The van der Waals surface area contributed by atoms with Crippen molar-refractivity contribution in [2.75, 3.05) is 5.32 Å². The summed E-state index contributed by atoms with van der Waals surface area (Å²) in [6.45, 7) is 3.74. The van der Waals surface area contributed by atoms with Crippen LogP contribution in [0.15, 0.2) is 47.6 Å². The lowest BCUT2D eigenvalue weighted by atomic mass is 10.2. The minimum atomic E-state index is -0.444. The minimum Gasteiger partial charge on any atom is -0.322 e. The quantitative estimate of drug-likeness (QED) is 0.619. The van der Waals surface area contributed by atoms with E-state index in [1.54, 1.807) is 46.9 Å². The molecule has 0 atom stereocenters. The van der Waals surface area contributed by atoms with Gasteiger partial charge in [-0.05, 0) is 63.1 Å². The molecule has 7 heteroatoms. The summed E-state index contributed by atoms with van der Waals surface area (Å²) < 4.78 is 16.3. The first-order valence-electron chi connectivity index (χ1n) is 9.77. The Hall–Kier alpha value is -2.67. The van der Waals surface area contributed by atoms with Crippen molar-refractivity contribution in [1.29, 1.82) is 0 Å². The van der Waals surface area contributed by atoms with Gasteiger partial charge in [0.15, 0.2) is 5.82 Å². The molecule has 1 saturated carbocycles. The van der Waals surface area contributed by atoms with Crippen LogP contribution in [0.2, 0.25) is 0 Å². The van der Waals surface area contributed by atoms with Gasteiger partial charge in [0.05, 0.1) is 11.3 Å². The lowest BCUT2D eigenvalue weighted by molar-refractivity contribution is 0.102. The SMILES string of the molecule is Cc1cc(C)n(-c2ccc(NC(=O)c3cccnc3SC3CCCC3)cc2F)n1. The Labute approximate surface area is 173 Å². The molecule has 150 valence electrons. The number of rotatable bonds is 5. The summed E-state index contributed by atoms with van der Waals surface area (Å²) in [6, 6.07) is 10.0. The average molecular weight is 411 g/mol. The number of hydrogen-bond acceptors (Lipinski definition) is 4. The number of carbonyl (C=O) groups is 1. The summed E-state index contributed by atoms with van der Waals surface area (Å²) in [4.78, 5) is 17.2. The first-order chi connectivity index (χ1) is 14.0. The summed E-state index contributed by atoms with van der Waals surface area (Å²) in [6.07, 6.45) is 6.47. The van der Waals surface area contributed by atoms with Gasteiger partial charge < -0.3 is 5.32 Å². The van der Waals surface area contributed by atoms with Crippen LogP contribution in [0.25, 0.3) is 5.69 Å². The molecule has 0 unspecified atom stereocenters. The molecule has 2 aromatic heterocycles. The fourth-order valence-electron chi connectivity index (χ4n) is 3.65. The van der Waals surface area contributed by atoms with E-state index in [4.69, 9.17) is 0 Å². The third kappa shape index (κ3) is 4.34. The number of nitrogens with zero attached hydrogens (tertiary/aromatic N) is 3. The van der Waals surface area contributed by atoms with Crippen molar-refractivity contribution in [2.45, 2.75) is 49.8 Å². The zero-order valence-corrected chi connectivity index (χ0v) is 17.3. The van der Waals surface area contributed by atoms with Crippen LogP contribution in [0.4, 0.5) is 10.1 Å². The van der Waals surface area contributed by atoms with Crippen molar-refractivity contribution in [2.24, 2.45) is 0 Å². The number of halogens is 1. The van der Waals surface area contributed by atoms with Gasteiger partial charge in [-0.1, -0.05) is 12.8 Å². The minimum absolute atomic E-state index is 0.281. The van der Waals surface area contributed by atoms with Gasteiger partial charge in [0.25, 0.3) is 5.91 Å². The maximum atomic E-state index is 14.7. The van der Waals surface area contributed by atoms with Crippen LogP contribution in [-0.2, 0) is 0 Å². The van der Waals surface area contributed by atoms with Crippen molar-refractivity contribution in [3.63, 3.8) is 0 Å². The van der Waals surface area contributed by atoms with Crippen LogP contribution in [0, 0.1) is 19.7 Å². The van der Waals surface area contributed by atoms with Gasteiger partial charge >= 0.3 is 0 Å². The molecule has 4 rings (SSSR count). The van der Waals surface area contributed by atoms with E-state index in [1.807, 2.05) is 19.9 Å². The highest BCUT2D eigenvalue weighted by molar-refractivity contribution is 7.99. The zero-order valence-electron chi connectivity index (χ0n) is 16.5. The smallest absolute Gasteiger partial charge is 0.258 e. The van der Waals surface area contributed by atoms with Crippen molar-refractivity contribution < 1.29 is 9.18 Å². The second-order valence-corrected chi connectivity index (χ2v) is 8.63. The molecule has 0 spiro atoms. The molecule has 1 aliphatic rings. The number of benzene rings is 1. The highest BCUT2D eigenvalue weighted by Crippen LogP contribution is 2.35. The van der Waals surface area contributed by atoms with Gasteiger partial charge in [-0.25, -0.2) is 14.1 Å². The van der Waals surface area contributed by atoms with Crippen LogP contribution < -0.4 is 5.32 Å². The molecule has 1 fully saturated rings. The van der Waals surface area contributed by atoms with Crippen molar-refractivity contribution >= 4 is 23.4 Å². The molecular formula is C22H23FN4OS. The Balaban J connectivity index is 1.53. The molecule has 3 aromatic rings. The van der Waals surface area contributed by atoms with Crippen molar-refractivity contribution in [3.05, 3.63) is 65.4 Å². The lowest BCUT2D eigenvalue weighted by Crippen LogP contribution is -2.14. The molecule has 0 saturated heterocycles. The number of anilines is 1. The topological polar surface area (TPSA) is 59.8 Å². The van der Waals surface area contributed by atoms with Gasteiger partial charge in [0.1, 0.15) is 10.7 Å². The summed E-state index contributed by atoms with van der Waals surface area (Å²) in [5.41, 5.74) is 2.95. The van der Waals surface area contributed by atoms with Crippen LogP contribution in [0.1, 0.15) is 47.4 Å². The lowest BCUT2D eigenvalue weighted by Gasteiger charge is -2.13. The molecule has 29 heavy (non-hydrogen) atoms.